The topological polar surface area (TPSA) is 30.7 Å². The zero-order chi connectivity index (χ0) is 16.0. The summed E-state index contributed by atoms with van der Waals surface area (Å²) in [6, 6.07) is 5.93. The largest absolute Gasteiger partial charge is 0.264 e. The Kier molecular flexibility index (Phi) is 14.2. The second-order valence-electron chi connectivity index (χ2n) is 3.39. The third kappa shape index (κ3) is 7.07. The third-order valence-electron chi connectivity index (χ3n) is 2.39. The molecule has 2 heterocycles. The lowest BCUT2D eigenvalue weighted by atomic mass is 10.3. The molecule has 0 saturated heterocycles. The highest BCUT2D eigenvalue weighted by molar-refractivity contribution is 5.15. The van der Waals surface area contributed by atoms with Crippen LogP contribution in [0.4, 0.5) is 0 Å². The second kappa shape index (κ2) is 13.8. The number of aromatic nitrogens is 3. The molecule has 0 amide bonds. The van der Waals surface area contributed by atoms with Gasteiger partial charge in [0, 0.05) is 11.9 Å². The van der Waals surface area contributed by atoms with Crippen molar-refractivity contribution in [2.45, 2.75) is 61.9 Å². The van der Waals surface area contributed by atoms with Crippen LogP contribution in [0.25, 0.3) is 0 Å². The highest BCUT2D eigenvalue weighted by Crippen LogP contribution is 2.06. The van der Waals surface area contributed by atoms with Gasteiger partial charge in [-0.2, -0.15) is 5.10 Å². The van der Waals surface area contributed by atoms with Crippen molar-refractivity contribution >= 4 is 0 Å². The van der Waals surface area contributed by atoms with Crippen molar-refractivity contribution in [1.82, 2.24) is 14.8 Å². The summed E-state index contributed by atoms with van der Waals surface area (Å²) in [7, 11) is 0. The zero-order valence-electron chi connectivity index (χ0n) is 14.4. The fourth-order valence-corrected chi connectivity index (χ4v) is 1.34. The van der Waals surface area contributed by atoms with E-state index in [9.17, 15) is 0 Å². The van der Waals surface area contributed by atoms with Crippen molar-refractivity contribution in [3.63, 3.8) is 0 Å². The lowest BCUT2D eigenvalue weighted by molar-refractivity contribution is 0.652. The standard InChI is InChI=1S/C11H13N3.3C2H6/c1-9-7-13-14(10(9)2)8-11-5-3-4-6-12-11;3*1-2/h3-7H,8H2,1-2H3;3*1-2H3. The Morgan fingerprint density at radius 3 is 1.95 bits per heavy atom. The minimum Gasteiger partial charge on any atom is -0.264 e. The zero-order valence-corrected chi connectivity index (χ0v) is 14.4. The van der Waals surface area contributed by atoms with E-state index in [2.05, 4.69) is 23.9 Å². The number of rotatable bonds is 2. The van der Waals surface area contributed by atoms with Crippen molar-refractivity contribution in [3.05, 3.63) is 47.5 Å². The minimum atomic E-state index is 0.751. The van der Waals surface area contributed by atoms with Crippen LogP contribution in [0.2, 0.25) is 0 Å². The molecule has 0 aromatic carbocycles. The molecule has 0 unspecified atom stereocenters. The van der Waals surface area contributed by atoms with Crippen LogP contribution < -0.4 is 0 Å². The van der Waals surface area contributed by atoms with Crippen LogP contribution in [-0.2, 0) is 6.54 Å². The predicted octanol–water partition coefficient (Wildman–Crippen LogP) is 5.02. The Hall–Kier alpha value is -1.64. The molecule has 0 aliphatic heterocycles. The van der Waals surface area contributed by atoms with Gasteiger partial charge in [0.15, 0.2) is 0 Å². The Labute approximate surface area is 125 Å². The summed E-state index contributed by atoms with van der Waals surface area (Å²) in [6.45, 7) is 16.9. The molecule has 0 fully saturated rings. The van der Waals surface area contributed by atoms with Gasteiger partial charge in [-0.15, -0.1) is 0 Å². The molecule has 20 heavy (non-hydrogen) atoms. The number of pyridine rings is 1. The highest BCUT2D eigenvalue weighted by atomic mass is 15.3. The highest BCUT2D eigenvalue weighted by Gasteiger charge is 2.02. The molecular weight excluding hydrogens is 246 g/mol. The third-order valence-corrected chi connectivity index (χ3v) is 2.39. The molecule has 0 bridgehead atoms. The van der Waals surface area contributed by atoms with Gasteiger partial charge in [0.1, 0.15) is 0 Å². The summed E-state index contributed by atoms with van der Waals surface area (Å²) in [5, 5.41) is 4.29. The van der Waals surface area contributed by atoms with Gasteiger partial charge in [0.25, 0.3) is 0 Å². The Bertz CT molecular complexity index is 419. The van der Waals surface area contributed by atoms with Gasteiger partial charge in [-0.25, -0.2) is 0 Å². The van der Waals surface area contributed by atoms with Gasteiger partial charge in [-0.3, -0.25) is 9.67 Å². The van der Waals surface area contributed by atoms with Gasteiger partial charge >= 0.3 is 0 Å². The van der Waals surface area contributed by atoms with E-state index in [0.29, 0.717) is 0 Å². The number of hydrogen-bond donors (Lipinski definition) is 0. The van der Waals surface area contributed by atoms with Crippen LogP contribution >= 0.6 is 0 Å². The fourth-order valence-electron chi connectivity index (χ4n) is 1.34. The minimum absolute atomic E-state index is 0.751. The van der Waals surface area contributed by atoms with E-state index in [1.165, 1.54) is 11.3 Å². The summed E-state index contributed by atoms with van der Waals surface area (Å²) in [5.41, 5.74) is 3.47. The number of aryl methyl sites for hydroxylation is 1. The lowest BCUT2D eigenvalue weighted by Crippen LogP contribution is -2.05. The fraction of sp³-hybridized carbons (Fsp3) is 0.529. The molecule has 2 aromatic heterocycles. The van der Waals surface area contributed by atoms with E-state index in [1.807, 2.05) is 70.6 Å². The van der Waals surface area contributed by atoms with E-state index in [-0.39, 0.29) is 0 Å². The molecule has 2 rings (SSSR count). The molecule has 3 nitrogen and oxygen atoms in total. The Morgan fingerprint density at radius 1 is 0.950 bits per heavy atom. The maximum Gasteiger partial charge on any atom is 0.0834 e. The summed E-state index contributed by atoms with van der Waals surface area (Å²) in [6.07, 6.45) is 3.69. The quantitative estimate of drug-likeness (QED) is 0.771. The van der Waals surface area contributed by atoms with Gasteiger partial charge in [0.05, 0.1) is 18.4 Å². The van der Waals surface area contributed by atoms with Crippen LogP contribution in [0.5, 0.6) is 0 Å². The first-order valence-electron chi connectivity index (χ1n) is 7.66. The molecule has 0 aliphatic carbocycles. The predicted molar refractivity (Wildman–Crippen MR) is 89.1 cm³/mol. The van der Waals surface area contributed by atoms with Crippen LogP contribution in [0.1, 0.15) is 58.5 Å². The summed E-state index contributed by atoms with van der Waals surface area (Å²) >= 11 is 0. The van der Waals surface area contributed by atoms with Crippen molar-refractivity contribution in [2.75, 3.05) is 0 Å². The Morgan fingerprint density at radius 2 is 1.55 bits per heavy atom. The molecule has 0 saturated carbocycles. The van der Waals surface area contributed by atoms with Crippen LogP contribution in [0.3, 0.4) is 0 Å². The molecule has 0 N–H and O–H groups in total. The second-order valence-corrected chi connectivity index (χ2v) is 3.39. The summed E-state index contributed by atoms with van der Waals surface area (Å²) < 4.78 is 1.97. The van der Waals surface area contributed by atoms with E-state index in [0.717, 1.165) is 12.2 Å². The molecule has 114 valence electrons. The molecule has 2 aromatic rings. The van der Waals surface area contributed by atoms with Gasteiger partial charge in [0.2, 0.25) is 0 Å². The average molecular weight is 277 g/mol. The van der Waals surface area contributed by atoms with Crippen molar-refractivity contribution in [2.24, 2.45) is 0 Å². The maximum atomic E-state index is 4.29. The SMILES string of the molecule is CC.CC.CC.Cc1cnn(Cc2ccccn2)c1C. The lowest BCUT2D eigenvalue weighted by Gasteiger charge is -2.03. The van der Waals surface area contributed by atoms with E-state index >= 15 is 0 Å². The first-order valence-corrected chi connectivity index (χ1v) is 7.66. The summed E-state index contributed by atoms with van der Waals surface area (Å²) in [5.74, 6) is 0. The molecule has 0 spiro atoms. The smallest absolute Gasteiger partial charge is 0.0834 e. The first kappa shape index (κ1) is 20.7. The molecule has 0 aliphatic rings. The van der Waals surface area contributed by atoms with E-state index < -0.39 is 0 Å². The Balaban J connectivity index is 0. The van der Waals surface area contributed by atoms with Crippen LogP contribution in [0.15, 0.2) is 30.6 Å². The molecule has 0 radical (unpaired) electrons. The van der Waals surface area contributed by atoms with Crippen molar-refractivity contribution < 1.29 is 0 Å². The molecule has 3 heteroatoms. The van der Waals surface area contributed by atoms with Gasteiger partial charge in [-0.1, -0.05) is 47.6 Å². The maximum absolute atomic E-state index is 4.29. The first-order chi connectivity index (χ1) is 9.77. The molecular formula is C17H31N3. The van der Waals surface area contributed by atoms with Crippen molar-refractivity contribution in [1.29, 1.82) is 0 Å². The molecule has 0 atom stereocenters. The van der Waals surface area contributed by atoms with Gasteiger partial charge < -0.3 is 0 Å². The monoisotopic (exact) mass is 277 g/mol. The summed E-state index contributed by atoms with van der Waals surface area (Å²) in [4.78, 5) is 4.26. The van der Waals surface area contributed by atoms with Gasteiger partial charge in [-0.05, 0) is 31.5 Å². The van der Waals surface area contributed by atoms with E-state index in [1.54, 1.807) is 6.20 Å². The van der Waals surface area contributed by atoms with Crippen molar-refractivity contribution in [3.8, 4) is 0 Å². The number of hydrogen-bond acceptors (Lipinski definition) is 2. The normalized spacial score (nSPS) is 8.20. The van der Waals surface area contributed by atoms with Crippen LogP contribution in [-0.4, -0.2) is 14.8 Å². The average Bonchev–Trinajstić information content (AvgIpc) is 2.86. The van der Waals surface area contributed by atoms with E-state index in [4.69, 9.17) is 0 Å². The number of nitrogens with zero attached hydrogens (tertiary/aromatic N) is 3. The van der Waals surface area contributed by atoms with Crippen LogP contribution in [0, 0.1) is 13.8 Å².